The minimum atomic E-state index is 0.141. The zero-order chi connectivity index (χ0) is 27.9. The molecule has 40 heavy (non-hydrogen) atoms. The second-order valence-corrected chi connectivity index (χ2v) is 12.2. The monoisotopic (exact) mass is 538 g/mol. The van der Waals surface area contributed by atoms with Gasteiger partial charge in [0.2, 0.25) is 5.91 Å². The molecule has 3 aliphatic rings. The maximum atomic E-state index is 13.2. The third-order valence-corrected chi connectivity index (χ3v) is 10.0. The van der Waals surface area contributed by atoms with Crippen LogP contribution < -0.4 is 10.1 Å². The molecule has 1 saturated heterocycles. The molecule has 1 amide bonds. The molecule has 4 unspecified atom stereocenters. The fraction of sp³-hybridized carbons (Fsp3) is 0.457. The van der Waals surface area contributed by atoms with Crippen LogP contribution in [0, 0.1) is 26.2 Å². The molecule has 0 aromatic heterocycles. The van der Waals surface area contributed by atoms with Crippen LogP contribution in [0.2, 0.25) is 0 Å². The van der Waals surface area contributed by atoms with Crippen LogP contribution in [0.1, 0.15) is 53.5 Å². The Morgan fingerprint density at radius 3 is 2.62 bits per heavy atom. The normalized spacial score (nSPS) is 24.9. The van der Waals surface area contributed by atoms with Crippen LogP contribution in [0.25, 0.3) is 11.1 Å². The Morgan fingerprint density at radius 1 is 1.00 bits per heavy atom. The lowest BCUT2D eigenvalue weighted by atomic mass is 9.53. The minimum absolute atomic E-state index is 0.141. The topological polar surface area (TPSA) is 50.8 Å². The zero-order valence-electron chi connectivity index (χ0n) is 24.3. The average Bonchev–Trinajstić information content (AvgIpc) is 3.30. The van der Waals surface area contributed by atoms with Gasteiger partial charge < -0.3 is 14.8 Å². The molecule has 5 nitrogen and oxygen atoms in total. The number of carbonyl (C=O) groups excluding carboxylic acids is 1. The highest BCUT2D eigenvalue weighted by molar-refractivity contribution is 5.80. The maximum Gasteiger partial charge on any atom is 0.224 e. The summed E-state index contributed by atoms with van der Waals surface area (Å²) in [5.74, 6) is 1.09. The van der Waals surface area contributed by atoms with Gasteiger partial charge in [-0.3, -0.25) is 9.69 Å². The smallest absolute Gasteiger partial charge is 0.224 e. The SMILES string of the molecule is COCCOc1ccc(CN2C3CCC34CC(NC(=O)Cc3cccc(-c5ccccc5C)c3)CC24)c(C)c1C. The molecule has 6 rings (SSSR count). The maximum absolute atomic E-state index is 13.2. The Hall–Kier alpha value is -3.15. The van der Waals surface area contributed by atoms with Crippen molar-refractivity contribution in [2.24, 2.45) is 5.41 Å². The second kappa shape index (κ2) is 11.0. The number of likely N-dealkylation sites (tertiary alicyclic amines) is 1. The lowest BCUT2D eigenvalue weighted by Crippen LogP contribution is -2.74. The van der Waals surface area contributed by atoms with Crippen LogP contribution >= 0.6 is 0 Å². The summed E-state index contributed by atoms with van der Waals surface area (Å²) in [5, 5.41) is 3.42. The van der Waals surface area contributed by atoms with Gasteiger partial charge in [0.25, 0.3) is 0 Å². The Morgan fingerprint density at radius 2 is 1.85 bits per heavy atom. The van der Waals surface area contributed by atoms with E-state index in [1.54, 1.807) is 7.11 Å². The van der Waals surface area contributed by atoms with Gasteiger partial charge in [-0.1, -0.05) is 54.6 Å². The number of nitrogens with one attached hydrogen (secondary N) is 1. The van der Waals surface area contributed by atoms with Gasteiger partial charge >= 0.3 is 0 Å². The van der Waals surface area contributed by atoms with E-state index in [1.165, 1.54) is 46.2 Å². The van der Waals surface area contributed by atoms with Crippen molar-refractivity contribution in [1.82, 2.24) is 10.2 Å². The number of piperidine rings is 1. The molecule has 2 aliphatic carbocycles. The number of hydrogen-bond acceptors (Lipinski definition) is 4. The molecule has 0 bridgehead atoms. The molecule has 2 saturated carbocycles. The Labute approximate surface area is 238 Å². The number of nitrogens with zero attached hydrogens (tertiary/aromatic N) is 1. The summed E-state index contributed by atoms with van der Waals surface area (Å²) in [7, 11) is 1.70. The number of ether oxygens (including phenoxy) is 2. The van der Waals surface area contributed by atoms with Gasteiger partial charge in [-0.05, 0) is 91.5 Å². The molecule has 1 N–H and O–H groups in total. The van der Waals surface area contributed by atoms with Crippen molar-refractivity contribution in [3.05, 3.63) is 88.5 Å². The van der Waals surface area contributed by atoms with E-state index in [0.29, 0.717) is 37.1 Å². The van der Waals surface area contributed by atoms with E-state index in [4.69, 9.17) is 9.47 Å². The average molecular weight is 539 g/mol. The fourth-order valence-corrected chi connectivity index (χ4v) is 7.70. The van der Waals surface area contributed by atoms with Gasteiger partial charge in [0.05, 0.1) is 13.0 Å². The first-order chi connectivity index (χ1) is 19.4. The molecule has 1 spiro atoms. The van der Waals surface area contributed by atoms with E-state index in [0.717, 1.165) is 30.7 Å². The summed E-state index contributed by atoms with van der Waals surface area (Å²) in [4.78, 5) is 15.9. The molecule has 3 aromatic carbocycles. The molecular formula is C35H42N2O3. The van der Waals surface area contributed by atoms with Gasteiger partial charge in [-0.15, -0.1) is 0 Å². The molecule has 5 heteroatoms. The highest BCUT2D eigenvalue weighted by Gasteiger charge is 2.68. The van der Waals surface area contributed by atoms with Crippen LogP contribution in [-0.2, 0) is 22.5 Å². The number of benzene rings is 3. The van der Waals surface area contributed by atoms with Crippen molar-refractivity contribution in [2.75, 3.05) is 20.3 Å². The van der Waals surface area contributed by atoms with Crippen LogP contribution in [0.3, 0.4) is 0 Å². The molecule has 3 fully saturated rings. The number of carbonyl (C=O) groups is 1. The standard InChI is InChI=1S/C35H42N2O3/c1-23-8-5-6-11-30(23)27-10-7-9-26(18-27)19-34(38)36-29-20-33-35(21-29)15-14-32(35)37(33)22-28-12-13-31(25(3)24(28)2)40-17-16-39-4/h5-13,18,29,32-33H,14-17,19-22H2,1-4H3,(H,36,38). The van der Waals surface area contributed by atoms with Crippen molar-refractivity contribution in [1.29, 1.82) is 0 Å². The Balaban J connectivity index is 1.07. The van der Waals surface area contributed by atoms with E-state index >= 15 is 0 Å². The number of hydrogen-bond donors (Lipinski definition) is 1. The first-order valence-corrected chi connectivity index (χ1v) is 14.8. The fourth-order valence-electron chi connectivity index (χ4n) is 7.70. The number of methoxy groups -OCH3 is 1. The first-order valence-electron chi connectivity index (χ1n) is 14.8. The van der Waals surface area contributed by atoms with E-state index < -0.39 is 0 Å². The van der Waals surface area contributed by atoms with Crippen molar-refractivity contribution in [3.8, 4) is 16.9 Å². The van der Waals surface area contributed by atoms with E-state index in [2.05, 4.69) is 91.7 Å². The Kier molecular flexibility index (Phi) is 7.45. The first kappa shape index (κ1) is 27.0. The molecule has 1 heterocycles. The summed E-state index contributed by atoms with van der Waals surface area (Å²) in [5.41, 5.74) is 9.06. The lowest BCUT2D eigenvalue weighted by molar-refractivity contribution is -0.193. The molecular weight excluding hydrogens is 496 g/mol. The molecule has 3 aromatic rings. The quantitative estimate of drug-likeness (QED) is 0.314. The minimum Gasteiger partial charge on any atom is -0.491 e. The molecule has 4 atom stereocenters. The van der Waals surface area contributed by atoms with Crippen molar-refractivity contribution < 1.29 is 14.3 Å². The molecule has 0 radical (unpaired) electrons. The highest BCUT2D eigenvalue weighted by Crippen LogP contribution is 2.65. The summed E-state index contributed by atoms with van der Waals surface area (Å²) in [6.45, 7) is 8.65. The van der Waals surface area contributed by atoms with Gasteiger partial charge in [-0.2, -0.15) is 0 Å². The zero-order valence-corrected chi connectivity index (χ0v) is 24.3. The van der Waals surface area contributed by atoms with Crippen LogP contribution in [0.15, 0.2) is 60.7 Å². The van der Waals surface area contributed by atoms with E-state index in [1.807, 2.05) is 0 Å². The van der Waals surface area contributed by atoms with Crippen LogP contribution in [0.5, 0.6) is 5.75 Å². The summed E-state index contributed by atoms with van der Waals surface area (Å²) >= 11 is 0. The highest BCUT2D eigenvalue weighted by atomic mass is 16.5. The van der Waals surface area contributed by atoms with E-state index in [-0.39, 0.29) is 11.9 Å². The van der Waals surface area contributed by atoms with Crippen LogP contribution in [-0.4, -0.2) is 49.3 Å². The lowest BCUT2D eigenvalue weighted by Gasteiger charge is -2.68. The Bertz CT molecular complexity index is 1400. The third-order valence-electron chi connectivity index (χ3n) is 10.0. The van der Waals surface area contributed by atoms with Crippen molar-refractivity contribution >= 4 is 5.91 Å². The van der Waals surface area contributed by atoms with Crippen molar-refractivity contribution in [2.45, 2.75) is 77.5 Å². The third kappa shape index (κ3) is 4.84. The summed E-state index contributed by atoms with van der Waals surface area (Å²) in [6, 6.07) is 22.7. The summed E-state index contributed by atoms with van der Waals surface area (Å²) < 4.78 is 11.1. The van der Waals surface area contributed by atoms with Crippen molar-refractivity contribution in [3.63, 3.8) is 0 Å². The molecule has 1 aliphatic heterocycles. The van der Waals surface area contributed by atoms with Gasteiger partial charge in [0, 0.05) is 37.2 Å². The van der Waals surface area contributed by atoms with Gasteiger partial charge in [0.1, 0.15) is 12.4 Å². The number of aryl methyl sites for hydroxylation is 1. The van der Waals surface area contributed by atoms with Gasteiger partial charge in [0.15, 0.2) is 0 Å². The van der Waals surface area contributed by atoms with Crippen LogP contribution in [0.4, 0.5) is 0 Å². The predicted molar refractivity (Wildman–Crippen MR) is 160 cm³/mol. The summed E-state index contributed by atoms with van der Waals surface area (Å²) in [6.07, 6.45) is 5.19. The number of amides is 1. The largest absolute Gasteiger partial charge is 0.491 e. The van der Waals surface area contributed by atoms with Gasteiger partial charge in [-0.25, -0.2) is 0 Å². The number of rotatable bonds is 10. The molecule has 210 valence electrons. The van der Waals surface area contributed by atoms with E-state index in [9.17, 15) is 4.79 Å². The predicted octanol–water partition coefficient (Wildman–Crippen LogP) is 6.16. The second-order valence-electron chi connectivity index (χ2n) is 12.2.